The Morgan fingerprint density at radius 2 is 2.21 bits per heavy atom. The fourth-order valence-electron chi connectivity index (χ4n) is 2.54. The zero-order valence-electron chi connectivity index (χ0n) is 12.1. The lowest BCUT2D eigenvalue weighted by molar-refractivity contribution is 0.262. The molecule has 19 heavy (non-hydrogen) atoms. The van der Waals surface area contributed by atoms with Crippen molar-refractivity contribution in [1.82, 2.24) is 10.6 Å². The summed E-state index contributed by atoms with van der Waals surface area (Å²) >= 11 is 0. The van der Waals surface area contributed by atoms with Gasteiger partial charge in [-0.05, 0) is 37.9 Å². The SMILES string of the molecule is CCCNCC(C)NCC1CCOc2ccccc21. The van der Waals surface area contributed by atoms with E-state index in [0.717, 1.165) is 38.4 Å². The fraction of sp³-hybridized carbons (Fsp3) is 0.625. The maximum Gasteiger partial charge on any atom is 0.122 e. The summed E-state index contributed by atoms with van der Waals surface area (Å²) in [5.41, 5.74) is 1.36. The zero-order valence-corrected chi connectivity index (χ0v) is 12.1. The molecule has 1 aliphatic rings. The van der Waals surface area contributed by atoms with Gasteiger partial charge in [-0.3, -0.25) is 0 Å². The Balaban J connectivity index is 1.80. The normalized spacial score (nSPS) is 19.6. The van der Waals surface area contributed by atoms with Crippen LogP contribution in [0.4, 0.5) is 0 Å². The molecule has 2 rings (SSSR count). The Kier molecular flexibility index (Phi) is 5.67. The summed E-state index contributed by atoms with van der Waals surface area (Å²) in [6, 6.07) is 8.94. The van der Waals surface area contributed by atoms with Crippen molar-refractivity contribution >= 4 is 0 Å². The highest BCUT2D eigenvalue weighted by molar-refractivity contribution is 5.37. The van der Waals surface area contributed by atoms with E-state index in [1.165, 1.54) is 12.0 Å². The van der Waals surface area contributed by atoms with Crippen molar-refractivity contribution < 1.29 is 4.74 Å². The van der Waals surface area contributed by atoms with E-state index < -0.39 is 0 Å². The van der Waals surface area contributed by atoms with Crippen molar-refractivity contribution in [3.8, 4) is 5.75 Å². The Morgan fingerprint density at radius 3 is 3.05 bits per heavy atom. The van der Waals surface area contributed by atoms with E-state index in [2.05, 4.69) is 42.7 Å². The van der Waals surface area contributed by atoms with Gasteiger partial charge in [-0.2, -0.15) is 0 Å². The number of rotatable bonds is 7. The third kappa shape index (κ3) is 4.22. The molecule has 1 aliphatic heterocycles. The first-order valence-electron chi connectivity index (χ1n) is 7.47. The van der Waals surface area contributed by atoms with Gasteiger partial charge in [0.25, 0.3) is 0 Å². The molecule has 106 valence electrons. The van der Waals surface area contributed by atoms with Gasteiger partial charge < -0.3 is 15.4 Å². The van der Waals surface area contributed by atoms with Crippen molar-refractivity contribution in [3.05, 3.63) is 29.8 Å². The molecule has 0 amide bonds. The first kappa shape index (κ1) is 14.4. The van der Waals surface area contributed by atoms with Crippen molar-refractivity contribution in [2.45, 2.75) is 38.6 Å². The van der Waals surface area contributed by atoms with Crippen LogP contribution in [0, 0.1) is 0 Å². The second-order valence-electron chi connectivity index (χ2n) is 5.39. The minimum absolute atomic E-state index is 0.515. The molecule has 2 atom stereocenters. The van der Waals surface area contributed by atoms with Crippen LogP contribution in [0.3, 0.4) is 0 Å². The van der Waals surface area contributed by atoms with E-state index >= 15 is 0 Å². The summed E-state index contributed by atoms with van der Waals surface area (Å²) in [4.78, 5) is 0. The van der Waals surface area contributed by atoms with Crippen LogP contribution in [0.1, 0.15) is 38.2 Å². The highest BCUT2D eigenvalue weighted by Gasteiger charge is 2.20. The molecule has 0 saturated carbocycles. The first-order valence-corrected chi connectivity index (χ1v) is 7.47. The van der Waals surface area contributed by atoms with Crippen LogP contribution in [0.5, 0.6) is 5.75 Å². The monoisotopic (exact) mass is 262 g/mol. The van der Waals surface area contributed by atoms with Crippen LogP contribution in [0.25, 0.3) is 0 Å². The van der Waals surface area contributed by atoms with E-state index in [0.29, 0.717) is 12.0 Å². The largest absolute Gasteiger partial charge is 0.493 e. The lowest BCUT2D eigenvalue weighted by Gasteiger charge is -2.27. The van der Waals surface area contributed by atoms with Gasteiger partial charge in [0.05, 0.1) is 6.61 Å². The molecule has 1 heterocycles. The van der Waals surface area contributed by atoms with Crippen LogP contribution in [-0.4, -0.2) is 32.3 Å². The summed E-state index contributed by atoms with van der Waals surface area (Å²) in [5, 5.41) is 7.09. The summed E-state index contributed by atoms with van der Waals surface area (Å²) in [5.74, 6) is 1.65. The van der Waals surface area contributed by atoms with Crippen LogP contribution in [0.2, 0.25) is 0 Å². The van der Waals surface area contributed by atoms with Gasteiger partial charge in [0, 0.05) is 25.0 Å². The number of para-hydroxylation sites is 1. The molecule has 0 saturated heterocycles. The zero-order chi connectivity index (χ0) is 13.5. The Morgan fingerprint density at radius 1 is 1.37 bits per heavy atom. The van der Waals surface area contributed by atoms with Gasteiger partial charge in [0.1, 0.15) is 5.75 Å². The Hall–Kier alpha value is -1.06. The molecule has 2 N–H and O–H groups in total. The van der Waals surface area contributed by atoms with Gasteiger partial charge in [0.2, 0.25) is 0 Å². The van der Waals surface area contributed by atoms with E-state index in [1.807, 2.05) is 6.07 Å². The number of fused-ring (bicyclic) bond motifs is 1. The van der Waals surface area contributed by atoms with Crippen molar-refractivity contribution in [2.24, 2.45) is 0 Å². The number of ether oxygens (including phenoxy) is 1. The van der Waals surface area contributed by atoms with E-state index in [9.17, 15) is 0 Å². The minimum atomic E-state index is 0.515. The minimum Gasteiger partial charge on any atom is -0.493 e. The molecule has 2 unspecified atom stereocenters. The quantitative estimate of drug-likeness (QED) is 0.741. The third-order valence-electron chi connectivity index (χ3n) is 3.67. The Labute approximate surface area is 116 Å². The van der Waals surface area contributed by atoms with Gasteiger partial charge in [-0.1, -0.05) is 25.1 Å². The molecule has 0 spiro atoms. The predicted molar refractivity (Wildman–Crippen MR) is 79.9 cm³/mol. The predicted octanol–water partition coefficient (Wildman–Crippen LogP) is 2.53. The molecule has 0 bridgehead atoms. The van der Waals surface area contributed by atoms with Crippen LogP contribution in [0.15, 0.2) is 24.3 Å². The lowest BCUT2D eigenvalue weighted by atomic mass is 9.93. The van der Waals surface area contributed by atoms with Crippen molar-refractivity contribution in [2.75, 3.05) is 26.2 Å². The third-order valence-corrected chi connectivity index (χ3v) is 3.67. The average molecular weight is 262 g/mol. The first-order chi connectivity index (χ1) is 9.31. The van der Waals surface area contributed by atoms with Crippen LogP contribution >= 0.6 is 0 Å². The standard InChI is InChI=1S/C16H26N2O/c1-3-9-17-11-13(2)18-12-14-8-10-19-16-7-5-4-6-15(14)16/h4-7,13-14,17-18H,3,8-12H2,1-2H3. The molecule has 0 aliphatic carbocycles. The van der Waals surface area contributed by atoms with Crippen LogP contribution < -0.4 is 15.4 Å². The second-order valence-corrected chi connectivity index (χ2v) is 5.39. The molecule has 0 radical (unpaired) electrons. The molecular formula is C16H26N2O. The van der Waals surface area contributed by atoms with Crippen molar-refractivity contribution in [1.29, 1.82) is 0 Å². The summed E-state index contributed by atoms with van der Waals surface area (Å²) in [6.45, 7) is 8.46. The molecule has 1 aromatic carbocycles. The molecule has 0 fully saturated rings. The second kappa shape index (κ2) is 7.51. The summed E-state index contributed by atoms with van der Waals surface area (Å²) < 4.78 is 5.70. The van der Waals surface area contributed by atoms with Crippen molar-refractivity contribution in [3.63, 3.8) is 0 Å². The summed E-state index contributed by atoms with van der Waals surface area (Å²) in [6.07, 6.45) is 2.30. The van der Waals surface area contributed by atoms with Gasteiger partial charge in [-0.15, -0.1) is 0 Å². The number of nitrogens with one attached hydrogen (secondary N) is 2. The molecule has 1 aromatic rings. The molecule has 3 nitrogen and oxygen atoms in total. The number of hydrogen-bond acceptors (Lipinski definition) is 3. The van der Waals surface area contributed by atoms with Crippen LogP contribution in [-0.2, 0) is 0 Å². The molecule has 0 aromatic heterocycles. The van der Waals surface area contributed by atoms with Gasteiger partial charge in [0.15, 0.2) is 0 Å². The fourth-order valence-corrected chi connectivity index (χ4v) is 2.54. The van der Waals surface area contributed by atoms with E-state index in [1.54, 1.807) is 0 Å². The van der Waals surface area contributed by atoms with Gasteiger partial charge >= 0.3 is 0 Å². The lowest BCUT2D eigenvalue weighted by Crippen LogP contribution is -2.39. The maximum atomic E-state index is 5.70. The Bertz CT molecular complexity index is 381. The smallest absolute Gasteiger partial charge is 0.122 e. The maximum absolute atomic E-state index is 5.70. The number of hydrogen-bond donors (Lipinski definition) is 2. The highest BCUT2D eigenvalue weighted by atomic mass is 16.5. The van der Waals surface area contributed by atoms with E-state index in [-0.39, 0.29) is 0 Å². The highest BCUT2D eigenvalue weighted by Crippen LogP contribution is 2.32. The molecule has 3 heteroatoms. The average Bonchev–Trinajstić information content (AvgIpc) is 2.45. The number of benzene rings is 1. The van der Waals surface area contributed by atoms with E-state index in [4.69, 9.17) is 4.74 Å². The summed E-state index contributed by atoms with van der Waals surface area (Å²) in [7, 11) is 0. The topological polar surface area (TPSA) is 33.3 Å². The van der Waals surface area contributed by atoms with Gasteiger partial charge in [-0.25, -0.2) is 0 Å². The molecular weight excluding hydrogens is 236 g/mol.